The number of nitrogens with zero attached hydrogens (tertiary/aromatic N) is 2. The molecule has 4 aromatic rings. The number of carbonyl (C=O) groups is 2. The first-order valence-corrected chi connectivity index (χ1v) is 14.6. The van der Waals surface area contributed by atoms with E-state index in [2.05, 4.69) is 15.8 Å². The van der Waals surface area contributed by atoms with Crippen molar-refractivity contribution in [2.24, 2.45) is 5.10 Å². The third kappa shape index (κ3) is 8.51. The topological polar surface area (TPSA) is 121 Å². The molecule has 0 unspecified atom stereocenters. The van der Waals surface area contributed by atoms with Gasteiger partial charge in [-0.2, -0.15) is 9.41 Å². The maximum atomic E-state index is 13.5. The standard InChI is InChI=1S/C29H26Cl2N4O5S/c1-20-2-4-22(5-3-20)18-35(41(38,39)27-14-10-24(31)11-15-27)19-26-13-12-25(40-26)17-33-34-29(37)28(36)32-16-21-6-8-23(30)9-7-21/h2-15,17H,16,18-19H2,1H3,(H,32,36)(H,34,37)/b33-17+. The predicted octanol–water partition coefficient (Wildman–Crippen LogP) is 5.05. The third-order valence-corrected chi connectivity index (χ3v) is 8.19. The second-order valence-corrected chi connectivity index (χ2v) is 11.8. The van der Waals surface area contributed by atoms with Gasteiger partial charge >= 0.3 is 11.8 Å². The molecule has 41 heavy (non-hydrogen) atoms. The van der Waals surface area contributed by atoms with Crippen molar-refractivity contribution in [2.45, 2.75) is 31.5 Å². The molecule has 0 bridgehead atoms. The van der Waals surface area contributed by atoms with Crippen molar-refractivity contribution in [3.05, 3.63) is 123 Å². The van der Waals surface area contributed by atoms with Gasteiger partial charge in [0.1, 0.15) is 11.5 Å². The number of amides is 2. The molecule has 9 nitrogen and oxygen atoms in total. The number of aryl methyl sites for hydroxylation is 1. The van der Waals surface area contributed by atoms with Crippen molar-refractivity contribution in [3.8, 4) is 0 Å². The molecule has 0 fully saturated rings. The van der Waals surface area contributed by atoms with Gasteiger partial charge in [-0.05, 0) is 66.6 Å². The van der Waals surface area contributed by atoms with Crippen molar-refractivity contribution in [1.82, 2.24) is 15.0 Å². The molecular formula is C29H26Cl2N4O5S. The maximum absolute atomic E-state index is 13.5. The molecule has 212 valence electrons. The average molecular weight is 614 g/mol. The summed E-state index contributed by atoms with van der Waals surface area (Å²) in [5, 5.41) is 7.24. The largest absolute Gasteiger partial charge is 0.459 e. The SMILES string of the molecule is Cc1ccc(CN(Cc2ccc(/C=N/NC(=O)C(=O)NCc3ccc(Cl)cc3)o2)S(=O)(=O)c2ccc(Cl)cc2)cc1. The molecule has 0 saturated heterocycles. The summed E-state index contributed by atoms with van der Waals surface area (Å²) in [6.45, 7) is 2.14. The van der Waals surface area contributed by atoms with Crippen LogP contribution < -0.4 is 10.7 Å². The molecule has 1 heterocycles. The summed E-state index contributed by atoms with van der Waals surface area (Å²) < 4.78 is 34.1. The van der Waals surface area contributed by atoms with Gasteiger partial charge in [0.2, 0.25) is 10.0 Å². The van der Waals surface area contributed by atoms with Crippen LogP contribution in [0, 0.1) is 6.92 Å². The zero-order chi connectivity index (χ0) is 29.4. The van der Waals surface area contributed by atoms with Gasteiger partial charge in [0.05, 0.1) is 17.7 Å². The lowest BCUT2D eigenvalue weighted by atomic mass is 10.1. The van der Waals surface area contributed by atoms with Crippen LogP contribution in [0.25, 0.3) is 0 Å². The Morgan fingerprint density at radius 1 is 0.829 bits per heavy atom. The van der Waals surface area contributed by atoms with Gasteiger partial charge in [-0.15, -0.1) is 0 Å². The van der Waals surface area contributed by atoms with E-state index < -0.39 is 21.8 Å². The second-order valence-electron chi connectivity index (χ2n) is 9.02. The maximum Gasteiger partial charge on any atom is 0.329 e. The summed E-state index contributed by atoms with van der Waals surface area (Å²) in [5.41, 5.74) is 4.77. The Bertz CT molecular complexity index is 1640. The van der Waals surface area contributed by atoms with E-state index >= 15 is 0 Å². The van der Waals surface area contributed by atoms with Crippen molar-refractivity contribution < 1.29 is 22.4 Å². The smallest absolute Gasteiger partial charge is 0.329 e. The molecule has 0 spiro atoms. The van der Waals surface area contributed by atoms with Crippen LogP contribution in [0.2, 0.25) is 10.0 Å². The summed E-state index contributed by atoms with van der Waals surface area (Å²) in [5.74, 6) is -1.22. The van der Waals surface area contributed by atoms with Crippen LogP contribution in [-0.2, 0) is 39.2 Å². The van der Waals surface area contributed by atoms with Crippen LogP contribution in [0.15, 0.2) is 99.3 Å². The Balaban J connectivity index is 1.40. The molecule has 12 heteroatoms. The molecular weight excluding hydrogens is 587 g/mol. The normalized spacial score (nSPS) is 11.6. The molecule has 4 rings (SSSR count). The van der Waals surface area contributed by atoms with E-state index in [-0.39, 0.29) is 30.3 Å². The van der Waals surface area contributed by atoms with E-state index in [9.17, 15) is 18.0 Å². The molecule has 0 aliphatic carbocycles. The number of sulfonamides is 1. The molecule has 3 aromatic carbocycles. The molecule has 0 aliphatic heterocycles. The minimum absolute atomic E-state index is 0.0634. The van der Waals surface area contributed by atoms with Gasteiger partial charge in [0.15, 0.2) is 0 Å². The Kier molecular flexibility index (Phi) is 9.95. The van der Waals surface area contributed by atoms with Crippen LogP contribution in [0.4, 0.5) is 0 Å². The average Bonchev–Trinajstić information content (AvgIpc) is 3.40. The first-order valence-electron chi connectivity index (χ1n) is 12.4. The number of rotatable bonds is 10. The lowest BCUT2D eigenvalue weighted by Gasteiger charge is -2.21. The van der Waals surface area contributed by atoms with E-state index in [0.717, 1.165) is 16.7 Å². The molecule has 2 N–H and O–H groups in total. The van der Waals surface area contributed by atoms with E-state index in [1.165, 1.54) is 34.8 Å². The number of halogens is 2. The minimum atomic E-state index is -3.91. The number of furan rings is 1. The van der Waals surface area contributed by atoms with Crippen molar-refractivity contribution in [3.63, 3.8) is 0 Å². The van der Waals surface area contributed by atoms with Gasteiger partial charge in [-0.25, -0.2) is 13.8 Å². The number of hydrogen-bond donors (Lipinski definition) is 2. The van der Waals surface area contributed by atoms with Crippen molar-refractivity contribution in [2.75, 3.05) is 0 Å². The second kappa shape index (κ2) is 13.6. The van der Waals surface area contributed by atoms with E-state index in [0.29, 0.717) is 15.8 Å². The summed E-state index contributed by atoms with van der Waals surface area (Å²) >= 11 is 11.8. The minimum Gasteiger partial charge on any atom is -0.459 e. The lowest BCUT2D eigenvalue weighted by molar-refractivity contribution is -0.139. The molecule has 0 radical (unpaired) electrons. The fourth-order valence-electron chi connectivity index (χ4n) is 3.67. The Morgan fingerprint density at radius 2 is 1.44 bits per heavy atom. The van der Waals surface area contributed by atoms with Gasteiger partial charge < -0.3 is 9.73 Å². The molecule has 0 atom stereocenters. The van der Waals surface area contributed by atoms with Crippen molar-refractivity contribution >= 4 is 51.3 Å². The number of hydrogen-bond acceptors (Lipinski definition) is 6. The Hall–Kier alpha value is -3.96. The summed E-state index contributed by atoms with van der Waals surface area (Å²) in [6, 6.07) is 23.5. The fraction of sp³-hybridized carbons (Fsp3) is 0.138. The zero-order valence-corrected chi connectivity index (χ0v) is 24.2. The zero-order valence-electron chi connectivity index (χ0n) is 21.9. The molecule has 2 amide bonds. The van der Waals surface area contributed by atoms with E-state index in [4.69, 9.17) is 27.6 Å². The first kappa shape index (κ1) is 30.0. The van der Waals surface area contributed by atoms with Gasteiger partial charge in [-0.1, -0.05) is 65.2 Å². The Labute approximate surface area is 247 Å². The number of benzene rings is 3. The van der Waals surface area contributed by atoms with Crippen LogP contribution in [0.1, 0.15) is 28.2 Å². The first-order chi connectivity index (χ1) is 19.6. The van der Waals surface area contributed by atoms with Gasteiger partial charge in [0.25, 0.3) is 0 Å². The molecule has 0 saturated carbocycles. The lowest BCUT2D eigenvalue weighted by Crippen LogP contribution is -2.37. The molecule has 0 aliphatic rings. The summed E-state index contributed by atoms with van der Waals surface area (Å²) in [7, 11) is -3.91. The molecule has 1 aromatic heterocycles. The van der Waals surface area contributed by atoms with Crippen LogP contribution in [-0.4, -0.2) is 30.8 Å². The van der Waals surface area contributed by atoms with Crippen LogP contribution in [0.5, 0.6) is 0 Å². The Morgan fingerprint density at radius 3 is 2.10 bits per heavy atom. The summed E-state index contributed by atoms with van der Waals surface area (Å²) in [6.07, 6.45) is 1.21. The van der Waals surface area contributed by atoms with E-state index in [1.54, 1.807) is 36.4 Å². The highest BCUT2D eigenvalue weighted by Crippen LogP contribution is 2.23. The number of carbonyl (C=O) groups excluding carboxylic acids is 2. The van der Waals surface area contributed by atoms with Crippen molar-refractivity contribution in [1.29, 1.82) is 0 Å². The van der Waals surface area contributed by atoms with Crippen LogP contribution in [0.3, 0.4) is 0 Å². The highest BCUT2D eigenvalue weighted by Gasteiger charge is 2.26. The number of hydrazone groups is 1. The highest BCUT2D eigenvalue weighted by molar-refractivity contribution is 7.89. The van der Waals surface area contributed by atoms with Gasteiger partial charge in [-0.3, -0.25) is 9.59 Å². The fourth-order valence-corrected chi connectivity index (χ4v) is 5.32. The van der Waals surface area contributed by atoms with Gasteiger partial charge in [0, 0.05) is 23.1 Å². The highest BCUT2D eigenvalue weighted by atomic mass is 35.5. The monoisotopic (exact) mass is 612 g/mol. The predicted molar refractivity (Wildman–Crippen MR) is 157 cm³/mol. The van der Waals surface area contributed by atoms with Crippen LogP contribution >= 0.6 is 23.2 Å². The third-order valence-electron chi connectivity index (χ3n) is 5.88. The number of nitrogens with one attached hydrogen (secondary N) is 2. The quantitative estimate of drug-likeness (QED) is 0.147. The van der Waals surface area contributed by atoms with E-state index in [1.807, 2.05) is 31.2 Å². The summed E-state index contributed by atoms with van der Waals surface area (Å²) in [4.78, 5) is 24.2.